The van der Waals surface area contributed by atoms with Crippen LogP contribution < -0.4 is 16.2 Å². The zero-order valence-corrected chi connectivity index (χ0v) is 28.8. The number of piperidine rings is 2. The number of para-hydroxylation sites is 1. The molecule has 0 spiro atoms. The molecule has 2 aromatic carbocycles. The second-order valence-corrected chi connectivity index (χ2v) is 14.9. The fraction of sp³-hybridized carbons (Fsp3) is 0.514. The summed E-state index contributed by atoms with van der Waals surface area (Å²) in [6.07, 6.45) is 5.39. The fourth-order valence-corrected chi connectivity index (χ4v) is 7.53. The quantitative estimate of drug-likeness (QED) is 0.271. The molecule has 12 nitrogen and oxygen atoms in total. The van der Waals surface area contributed by atoms with Gasteiger partial charge in [-0.05, 0) is 102 Å². The predicted molar refractivity (Wildman–Crippen MR) is 189 cm³/mol. The van der Waals surface area contributed by atoms with Crippen molar-refractivity contribution in [3.05, 3.63) is 71.4 Å². The number of imidazole rings is 1. The molecule has 3 aliphatic heterocycles. The van der Waals surface area contributed by atoms with Crippen LogP contribution in [0.15, 0.2) is 65.7 Å². The Kier molecular flexibility index (Phi) is 9.34. The van der Waals surface area contributed by atoms with Crippen LogP contribution in [-0.4, -0.2) is 97.9 Å². The monoisotopic (exact) mass is 668 g/mol. The molecule has 0 bridgehead atoms. The topological polar surface area (TPSA) is 124 Å². The molecule has 3 saturated heterocycles. The van der Waals surface area contributed by atoms with Crippen LogP contribution in [0.5, 0.6) is 11.5 Å². The maximum Gasteiger partial charge on any atom is 0.410 e. The first-order chi connectivity index (χ1) is 23.6. The molecule has 5 heterocycles. The molecule has 0 unspecified atom stereocenters. The third-order valence-electron chi connectivity index (χ3n) is 10.0. The van der Waals surface area contributed by atoms with Crippen molar-refractivity contribution in [3.8, 4) is 17.2 Å². The van der Waals surface area contributed by atoms with Crippen LogP contribution >= 0.6 is 0 Å². The van der Waals surface area contributed by atoms with E-state index in [2.05, 4.69) is 19.8 Å². The second kappa shape index (κ2) is 13.8. The average Bonchev–Trinajstić information content (AvgIpc) is 3.36. The number of nitrogens with zero attached hydrogens (tertiary/aromatic N) is 7. The lowest BCUT2D eigenvalue weighted by Crippen LogP contribution is -2.55. The van der Waals surface area contributed by atoms with Gasteiger partial charge in [-0.15, -0.1) is 0 Å². The SMILES string of the molecule is CC(C)(C)OC(=O)N1CC(CN2CCC(CN3CCC(n4c(=O)n(-c5ccc(Oc6ccccc6)cc5)c5c(N)ncnc54)CC3)CC2)C1. The third-order valence-corrected chi connectivity index (χ3v) is 10.0. The summed E-state index contributed by atoms with van der Waals surface area (Å²) in [5.41, 5.74) is 7.58. The maximum absolute atomic E-state index is 14.1. The van der Waals surface area contributed by atoms with Crippen LogP contribution in [0.4, 0.5) is 10.6 Å². The van der Waals surface area contributed by atoms with E-state index in [1.165, 1.54) is 19.2 Å². The minimum absolute atomic E-state index is 0.0343. The Labute approximate surface area is 287 Å². The maximum atomic E-state index is 14.1. The third kappa shape index (κ3) is 7.45. The van der Waals surface area contributed by atoms with Crippen LogP contribution in [0.1, 0.15) is 52.5 Å². The van der Waals surface area contributed by atoms with E-state index in [0.717, 1.165) is 70.9 Å². The number of nitrogen functional groups attached to an aromatic ring is 1. The molecule has 0 saturated carbocycles. The number of carbonyl (C=O) groups excluding carboxylic acids is 1. The van der Waals surface area contributed by atoms with Crippen molar-refractivity contribution >= 4 is 23.1 Å². The summed E-state index contributed by atoms with van der Waals surface area (Å²) in [6, 6.07) is 17.1. The van der Waals surface area contributed by atoms with Gasteiger partial charge in [0.25, 0.3) is 0 Å². The van der Waals surface area contributed by atoms with Gasteiger partial charge in [0.15, 0.2) is 11.5 Å². The summed E-state index contributed by atoms with van der Waals surface area (Å²) in [7, 11) is 0. The summed E-state index contributed by atoms with van der Waals surface area (Å²) < 4.78 is 14.9. The van der Waals surface area contributed by atoms with Crippen molar-refractivity contribution in [3.63, 3.8) is 0 Å². The van der Waals surface area contributed by atoms with Gasteiger partial charge >= 0.3 is 11.8 Å². The number of amides is 1. The first kappa shape index (κ1) is 33.1. The van der Waals surface area contributed by atoms with Crippen LogP contribution in [0.3, 0.4) is 0 Å². The second-order valence-electron chi connectivity index (χ2n) is 14.9. The lowest BCUT2D eigenvalue weighted by molar-refractivity contribution is -0.00849. The highest BCUT2D eigenvalue weighted by Crippen LogP contribution is 2.31. The van der Waals surface area contributed by atoms with E-state index in [1.54, 1.807) is 4.57 Å². The van der Waals surface area contributed by atoms with Crippen LogP contribution in [0.2, 0.25) is 0 Å². The summed E-state index contributed by atoms with van der Waals surface area (Å²) in [5, 5.41) is 0. The molecule has 49 heavy (non-hydrogen) atoms. The smallest absolute Gasteiger partial charge is 0.410 e. The van der Waals surface area contributed by atoms with Gasteiger partial charge in [0, 0.05) is 51.2 Å². The molecule has 1 amide bonds. The number of benzene rings is 2. The fourth-order valence-electron chi connectivity index (χ4n) is 7.53. The van der Waals surface area contributed by atoms with E-state index in [9.17, 15) is 9.59 Å². The predicted octanol–water partition coefficient (Wildman–Crippen LogP) is 5.17. The lowest BCUT2D eigenvalue weighted by Gasteiger charge is -2.43. The van der Waals surface area contributed by atoms with Gasteiger partial charge in [-0.2, -0.15) is 0 Å². The molecule has 7 rings (SSSR count). The molecule has 2 N–H and O–H groups in total. The molecule has 3 aliphatic rings. The summed E-state index contributed by atoms with van der Waals surface area (Å²) in [5.74, 6) is 2.92. The van der Waals surface area contributed by atoms with Gasteiger partial charge < -0.3 is 29.9 Å². The normalized spacial score (nSPS) is 18.9. The Balaban J connectivity index is 0.931. The standard InChI is InChI=1S/C37H48N8O4/c1-37(2,3)49-36(47)43-23-27(24-43)22-41-17-13-26(14-18-41)21-42-19-15-29(16-20-42)45-34-32(33(38)39-25-40-34)44(35(45)46)28-9-11-31(12-10-28)48-30-7-5-4-6-8-30/h4-12,25-27,29H,13-24H2,1-3H3,(H2,38,39,40). The van der Waals surface area contributed by atoms with Gasteiger partial charge in [-0.1, -0.05) is 18.2 Å². The number of ether oxygens (including phenoxy) is 2. The number of hydrogen-bond acceptors (Lipinski definition) is 9. The molecule has 0 aliphatic carbocycles. The number of carbonyl (C=O) groups is 1. The highest BCUT2D eigenvalue weighted by atomic mass is 16.6. The Morgan fingerprint density at radius 2 is 1.45 bits per heavy atom. The molecule has 0 atom stereocenters. The van der Waals surface area contributed by atoms with Crippen molar-refractivity contribution in [2.45, 2.75) is 58.1 Å². The zero-order chi connectivity index (χ0) is 34.1. The van der Waals surface area contributed by atoms with Crippen LogP contribution in [0.25, 0.3) is 16.9 Å². The van der Waals surface area contributed by atoms with E-state index in [-0.39, 0.29) is 23.6 Å². The summed E-state index contributed by atoms with van der Waals surface area (Å²) >= 11 is 0. The first-order valence-corrected chi connectivity index (χ1v) is 17.6. The van der Waals surface area contributed by atoms with E-state index in [4.69, 9.17) is 15.2 Å². The number of nitrogens with two attached hydrogens (primary N) is 1. The molecular formula is C37H48N8O4. The van der Waals surface area contributed by atoms with Crippen molar-refractivity contribution < 1.29 is 14.3 Å². The molecular weight excluding hydrogens is 620 g/mol. The van der Waals surface area contributed by atoms with Crippen LogP contribution in [-0.2, 0) is 4.74 Å². The zero-order valence-electron chi connectivity index (χ0n) is 28.8. The van der Waals surface area contributed by atoms with E-state index >= 15 is 0 Å². The van der Waals surface area contributed by atoms with Crippen molar-refractivity contribution in [2.24, 2.45) is 11.8 Å². The summed E-state index contributed by atoms with van der Waals surface area (Å²) in [4.78, 5) is 42.1. The average molecular weight is 669 g/mol. The molecule has 2 aromatic heterocycles. The van der Waals surface area contributed by atoms with Crippen LogP contribution in [0, 0.1) is 11.8 Å². The molecule has 12 heteroatoms. The lowest BCUT2D eigenvalue weighted by atomic mass is 9.93. The minimum Gasteiger partial charge on any atom is -0.457 e. The van der Waals surface area contributed by atoms with Gasteiger partial charge in [-0.25, -0.2) is 19.6 Å². The molecule has 0 radical (unpaired) electrons. The molecule has 4 aromatic rings. The van der Waals surface area contributed by atoms with Gasteiger partial charge in [-0.3, -0.25) is 9.13 Å². The Morgan fingerprint density at radius 3 is 2.10 bits per heavy atom. The highest BCUT2D eigenvalue weighted by molar-refractivity contribution is 5.84. The largest absolute Gasteiger partial charge is 0.457 e. The Bertz CT molecular complexity index is 1790. The van der Waals surface area contributed by atoms with Crippen molar-refractivity contribution in [1.82, 2.24) is 33.8 Å². The first-order valence-electron chi connectivity index (χ1n) is 17.6. The number of rotatable bonds is 8. The van der Waals surface area contributed by atoms with E-state index < -0.39 is 5.60 Å². The molecule has 3 fully saturated rings. The minimum atomic E-state index is -0.450. The van der Waals surface area contributed by atoms with Gasteiger partial charge in [0.1, 0.15) is 28.9 Å². The Hall–Kier alpha value is -4.42. The van der Waals surface area contributed by atoms with E-state index in [1.807, 2.05) is 84.8 Å². The van der Waals surface area contributed by atoms with E-state index in [0.29, 0.717) is 34.4 Å². The number of hydrogen-bond donors (Lipinski definition) is 1. The number of likely N-dealkylation sites (tertiary alicyclic amines) is 3. The van der Waals surface area contributed by atoms with Crippen molar-refractivity contribution in [2.75, 3.05) is 58.1 Å². The summed E-state index contributed by atoms with van der Waals surface area (Å²) in [6.45, 7) is 13.6. The number of aromatic nitrogens is 4. The number of fused-ring (bicyclic) bond motifs is 1. The van der Waals surface area contributed by atoms with Gasteiger partial charge in [0.05, 0.1) is 5.69 Å². The van der Waals surface area contributed by atoms with Crippen molar-refractivity contribution in [1.29, 1.82) is 0 Å². The van der Waals surface area contributed by atoms with Gasteiger partial charge in [0.2, 0.25) is 0 Å². The Morgan fingerprint density at radius 1 is 0.837 bits per heavy atom. The highest BCUT2D eigenvalue weighted by Gasteiger charge is 2.35. The molecule has 260 valence electrons. The number of anilines is 1.